The van der Waals surface area contributed by atoms with Gasteiger partial charge >= 0.3 is 0 Å². The third kappa shape index (κ3) is 4.89. The van der Waals surface area contributed by atoms with Crippen molar-refractivity contribution in [2.75, 3.05) is 32.5 Å². The second-order valence-electron chi connectivity index (χ2n) is 5.18. The lowest BCUT2D eigenvalue weighted by molar-refractivity contribution is -0.136. The molecule has 0 atom stereocenters. The molecule has 122 valence electrons. The fraction of sp³-hybridized carbons (Fsp3) is 0.467. The first-order valence-electron chi connectivity index (χ1n) is 7.03. The van der Waals surface area contributed by atoms with Crippen LogP contribution >= 0.6 is 12.4 Å². The van der Waals surface area contributed by atoms with Crippen LogP contribution in [0.1, 0.15) is 23.2 Å². The van der Waals surface area contributed by atoms with E-state index in [4.69, 9.17) is 10.5 Å². The summed E-state index contributed by atoms with van der Waals surface area (Å²) in [6, 6.07) is 6.94. The van der Waals surface area contributed by atoms with Crippen LogP contribution in [0.2, 0.25) is 0 Å². The van der Waals surface area contributed by atoms with Crippen molar-refractivity contribution in [3.63, 3.8) is 0 Å². The largest absolute Gasteiger partial charge is 0.399 e. The molecule has 1 aromatic rings. The van der Waals surface area contributed by atoms with Crippen molar-refractivity contribution in [3.05, 3.63) is 29.8 Å². The van der Waals surface area contributed by atoms with E-state index in [9.17, 15) is 9.59 Å². The molecule has 1 fully saturated rings. The van der Waals surface area contributed by atoms with E-state index in [0.717, 1.165) is 12.8 Å². The lowest BCUT2D eigenvalue weighted by Crippen LogP contribution is -2.47. The molecule has 0 unspecified atom stereocenters. The molecule has 22 heavy (non-hydrogen) atoms. The smallest absolute Gasteiger partial charge is 0.251 e. The van der Waals surface area contributed by atoms with Gasteiger partial charge in [0.05, 0.1) is 0 Å². The van der Waals surface area contributed by atoms with E-state index in [-0.39, 0.29) is 36.9 Å². The van der Waals surface area contributed by atoms with Gasteiger partial charge in [-0.1, -0.05) is 0 Å². The first-order chi connectivity index (χ1) is 10.1. The number of nitrogens with zero attached hydrogens (tertiary/aromatic N) is 1. The predicted octanol–water partition coefficient (Wildman–Crippen LogP) is 1.06. The van der Waals surface area contributed by atoms with Crippen molar-refractivity contribution in [1.82, 2.24) is 10.2 Å². The number of benzene rings is 1. The molecule has 0 radical (unpaired) electrons. The van der Waals surface area contributed by atoms with E-state index < -0.39 is 0 Å². The molecule has 1 saturated heterocycles. The lowest BCUT2D eigenvalue weighted by Gasteiger charge is -2.32. The first-order valence-corrected chi connectivity index (χ1v) is 7.03. The van der Waals surface area contributed by atoms with Crippen LogP contribution in [0.4, 0.5) is 5.69 Å². The van der Waals surface area contributed by atoms with Gasteiger partial charge in [-0.25, -0.2) is 0 Å². The van der Waals surface area contributed by atoms with Gasteiger partial charge in [0.1, 0.15) is 6.61 Å². The number of carbonyl (C=O) groups is 2. The molecule has 0 bridgehead atoms. The van der Waals surface area contributed by atoms with E-state index in [0.29, 0.717) is 24.3 Å². The molecule has 0 spiro atoms. The zero-order chi connectivity index (χ0) is 15.2. The summed E-state index contributed by atoms with van der Waals surface area (Å²) in [5.74, 6) is -0.0996. The minimum atomic E-state index is -0.100. The van der Waals surface area contributed by atoms with E-state index in [1.54, 1.807) is 29.2 Å². The zero-order valence-corrected chi connectivity index (χ0v) is 13.4. The molecule has 3 N–H and O–H groups in total. The summed E-state index contributed by atoms with van der Waals surface area (Å²) in [4.78, 5) is 25.5. The van der Waals surface area contributed by atoms with Crippen LogP contribution in [0.3, 0.4) is 0 Å². The number of nitrogens with one attached hydrogen (secondary N) is 1. The maximum absolute atomic E-state index is 12.1. The van der Waals surface area contributed by atoms with Crippen LogP contribution in [0.15, 0.2) is 24.3 Å². The highest BCUT2D eigenvalue weighted by Crippen LogP contribution is 2.12. The summed E-state index contributed by atoms with van der Waals surface area (Å²) in [6.45, 7) is 1.41. The van der Waals surface area contributed by atoms with E-state index >= 15 is 0 Å². The van der Waals surface area contributed by atoms with Crippen molar-refractivity contribution in [2.24, 2.45) is 0 Å². The van der Waals surface area contributed by atoms with Gasteiger partial charge < -0.3 is 20.7 Å². The number of amides is 2. The summed E-state index contributed by atoms with van der Waals surface area (Å²) in [5.41, 5.74) is 6.83. The van der Waals surface area contributed by atoms with Gasteiger partial charge in [0, 0.05) is 37.5 Å². The Balaban J connectivity index is 0.00000242. The number of rotatable bonds is 4. The molecule has 1 aliphatic rings. The van der Waals surface area contributed by atoms with Crippen LogP contribution in [0.25, 0.3) is 0 Å². The molecule has 0 aromatic heterocycles. The molecule has 1 aromatic carbocycles. The number of nitrogens with two attached hydrogens (primary N) is 1. The summed E-state index contributed by atoms with van der Waals surface area (Å²) in [6.07, 6.45) is 1.52. The van der Waals surface area contributed by atoms with Crippen LogP contribution in [-0.2, 0) is 9.53 Å². The van der Waals surface area contributed by atoms with Gasteiger partial charge in [0.2, 0.25) is 5.91 Å². The van der Waals surface area contributed by atoms with Crippen molar-refractivity contribution in [1.29, 1.82) is 0 Å². The maximum atomic E-state index is 12.1. The molecule has 1 heterocycles. The van der Waals surface area contributed by atoms with Crippen molar-refractivity contribution in [3.8, 4) is 0 Å². The molecule has 0 saturated carbocycles. The van der Waals surface area contributed by atoms with Gasteiger partial charge in [-0.3, -0.25) is 9.59 Å². The number of likely N-dealkylation sites (tertiary alicyclic amines) is 1. The Labute approximate surface area is 136 Å². The van der Waals surface area contributed by atoms with Crippen LogP contribution in [-0.4, -0.2) is 49.6 Å². The third-order valence-corrected chi connectivity index (χ3v) is 3.62. The molecule has 6 nitrogen and oxygen atoms in total. The minimum absolute atomic E-state index is 0. The zero-order valence-electron chi connectivity index (χ0n) is 12.6. The molecular formula is C15H22ClN3O3. The number of nitrogen functional groups attached to an aromatic ring is 1. The first kappa shape index (κ1) is 18.3. The maximum Gasteiger partial charge on any atom is 0.251 e. The molecule has 0 aliphatic carbocycles. The standard InChI is InChI=1S/C15H21N3O3.ClH/c1-21-10-14(19)18-8-6-13(7-9-18)17-15(20)11-2-4-12(16)5-3-11;/h2-5,13H,6-10,16H2,1H3,(H,17,20);1H. The number of halogens is 1. The number of piperidine rings is 1. The minimum Gasteiger partial charge on any atom is -0.399 e. The normalized spacial score (nSPS) is 15.0. The van der Waals surface area contributed by atoms with E-state index in [2.05, 4.69) is 5.32 Å². The Kier molecular flexibility index (Phi) is 7.14. The molecule has 1 aliphatic heterocycles. The highest BCUT2D eigenvalue weighted by atomic mass is 35.5. The Morgan fingerprint density at radius 2 is 1.86 bits per heavy atom. The van der Waals surface area contributed by atoms with Crippen molar-refractivity contribution >= 4 is 29.9 Å². The highest BCUT2D eigenvalue weighted by Gasteiger charge is 2.23. The van der Waals surface area contributed by atoms with E-state index in [1.807, 2.05) is 0 Å². The Bertz CT molecular complexity index is 499. The third-order valence-electron chi connectivity index (χ3n) is 3.62. The molecule has 2 rings (SSSR count). The second-order valence-corrected chi connectivity index (χ2v) is 5.18. The van der Waals surface area contributed by atoms with Gasteiger partial charge in [0.15, 0.2) is 0 Å². The fourth-order valence-electron chi connectivity index (χ4n) is 2.39. The summed E-state index contributed by atoms with van der Waals surface area (Å²) >= 11 is 0. The lowest BCUT2D eigenvalue weighted by atomic mass is 10.0. The average molecular weight is 328 g/mol. The summed E-state index contributed by atoms with van der Waals surface area (Å²) in [5, 5.41) is 3.00. The highest BCUT2D eigenvalue weighted by molar-refractivity contribution is 5.94. The second kappa shape index (κ2) is 8.60. The van der Waals surface area contributed by atoms with Crippen LogP contribution in [0, 0.1) is 0 Å². The number of anilines is 1. The Morgan fingerprint density at radius 1 is 1.27 bits per heavy atom. The van der Waals surface area contributed by atoms with Crippen molar-refractivity contribution in [2.45, 2.75) is 18.9 Å². The summed E-state index contributed by atoms with van der Waals surface area (Å²) < 4.78 is 4.84. The molecule has 2 amide bonds. The number of ether oxygens (including phenoxy) is 1. The van der Waals surface area contributed by atoms with Gasteiger partial charge in [-0.05, 0) is 37.1 Å². The Hall–Kier alpha value is -1.79. The SMILES string of the molecule is COCC(=O)N1CCC(NC(=O)c2ccc(N)cc2)CC1.Cl. The average Bonchev–Trinajstić information content (AvgIpc) is 2.49. The van der Waals surface area contributed by atoms with Crippen LogP contribution < -0.4 is 11.1 Å². The van der Waals surface area contributed by atoms with Gasteiger partial charge in [0.25, 0.3) is 5.91 Å². The number of hydrogen-bond acceptors (Lipinski definition) is 4. The monoisotopic (exact) mass is 327 g/mol. The quantitative estimate of drug-likeness (QED) is 0.810. The molecular weight excluding hydrogens is 306 g/mol. The molecule has 7 heteroatoms. The topological polar surface area (TPSA) is 84.7 Å². The Morgan fingerprint density at radius 3 is 2.41 bits per heavy atom. The van der Waals surface area contributed by atoms with Gasteiger partial charge in [-0.15, -0.1) is 12.4 Å². The number of methoxy groups -OCH3 is 1. The number of hydrogen-bond donors (Lipinski definition) is 2. The van der Waals surface area contributed by atoms with Crippen molar-refractivity contribution < 1.29 is 14.3 Å². The summed E-state index contributed by atoms with van der Waals surface area (Å²) in [7, 11) is 1.51. The predicted molar refractivity (Wildman–Crippen MR) is 87.0 cm³/mol. The van der Waals surface area contributed by atoms with Gasteiger partial charge in [-0.2, -0.15) is 0 Å². The fourth-order valence-corrected chi connectivity index (χ4v) is 2.39. The van der Waals surface area contributed by atoms with E-state index in [1.165, 1.54) is 7.11 Å². The number of carbonyl (C=O) groups excluding carboxylic acids is 2. The van der Waals surface area contributed by atoms with Crippen LogP contribution in [0.5, 0.6) is 0 Å².